The van der Waals surface area contributed by atoms with Gasteiger partial charge in [0.2, 0.25) is 5.89 Å². The lowest BCUT2D eigenvalue weighted by molar-refractivity contribution is 0.417. The Bertz CT molecular complexity index is 523. The molecular formula is C13H17N3O2. The van der Waals surface area contributed by atoms with Crippen LogP contribution in [0.1, 0.15) is 18.6 Å². The number of aryl methyl sites for hydroxylation is 1. The lowest BCUT2D eigenvalue weighted by atomic mass is 10.2. The predicted molar refractivity (Wildman–Crippen MR) is 70.6 cm³/mol. The summed E-state index contributed by atoms with van der Waals surface area (Å²) in [6.45, 7) is 2.57. The monoisotopic (exact) mass is 247 g/mol. The van der Waals surface area contributed by atoms with Crippen molar-refractivity contribution < 1.29 is 9.15 Å². The summed E-state index contributed by atoms with van der Waals surface area (Å²) in [5, 5.41) is 3.21. The smallest absolute Gasteiger partial charge is 0.213 e. The Morgan fingerprint density at radius 1 is 1.44 bits per heavy atom. The maximum absolute atomic E-state index is 5.74. The Balaban J connectivity index is 2.01. The molecule has 0 amide bonds. The first-order chi connectivity index (χ1) is 8.72. The lowest BCUT2D eigenvalue weighted by Crippen LogP contribution is -2.00. The minimum Gasteiger partial charge on any atom is -0.495 e. The number of oxazole rings is 1. The van der Waals surface area contributed by atoms with Crippen molar-refractivity contribution in [2.45, 2.75) is 19.9 Å². The van der Waals surface area contributed by atoms with Crippen molar-refractivity contribution in [1.29, 1.82) is 0 Å². The first kappa shape index (κ1) is 12.3. The summed E-state index contributed by atoms with van der Waals surface area (Å²) < 4.78 is 10.7. The molecule has 0 unspecified atom stereocenters. The lowest BCUT2D eigenvalue weighted by Gasteiger charge is -2.08. The Kier molecular flexibility index (Phi) is 3.72. The number of nitrogen functional groups attached to an aromatic ring is 1. The van der Waals surface area contributed by atoms with Crippen LogP contribution in [0.3, 0.4) is 0 Å². The van der Waals surface area contributed by atoms with Gasteiger partial charge in [0.15, 0.2) is 0 Å². The zero-order chi connectivity index (χ0) is 13.0. The normalized spacial score (nSPS) is 10.3. The zero-order valence-electron chi connectivity index (χ0n) is 10.6. The molecule has 18 heavy (non-hydrogen) atoms. The summed E-state index contributed by atoms with van der Waals surface area (Å²) in [4.78, 5) is 4.18. The second-order valence-electron chi connectivity index (χ2n) is 3.88. The van der Waals surface area contributed by atoms with E-state index in [-0.39, 0.29) is 0 Å². The van der Waals surface area contributed by atoms with Crippen LogP contribution in [0.5, 0.6) is 5.75 Å². The number of nitrogens with one attached hydrogen (secondary N) is 1. The van der Waals surface area contributed by atoms with Gasteiger partial charge in [0, 0.05) is 18.2 Å². The molecule has 2 aromatic rings. The molecule has 3 N–H and O–H groups in total. The fraction of sp³-hybridized carbons (Fsp3) is 0.308. The van der Waals surface area contributed by atoms with Gasteiger partial charge in [0.1, 0.15) is 11.5 Å². The molecule has 96 valence electrons. The maximum atomic E-state index is 5.74. The molecule has 2 rings (SSSR count). The molecule has 0 saturated carbocycles. The molecule has 0 saturated heterocycles. The number of anilines is 2. The molecular weight excluding hydrogens is 230 g/mol. The Morgan fingerprint density at radius 2 is 2.28 bits per heavy atom. The third kappa shape index (κ3) is 2.74. The molecule has 5 nitrogen and oxygen atoms in total. The van der Waals surface area contributed by atoms with E-state index in [1.54, 1.807) is 19.4 Å². The van der Waals surface area contributed by atoms with Crippen LogP contribution in [0.4, 0.5) is 11.4 Å². The second-order valence-corrected chi connectivity index (χ2v) is 3.88. The highest BCUT2D eigenvalue weighted by Crippen LogP contribution is 2.25. The van der Waals surface area contributed by atoms with E-state index in [9.17, 15) is 0 Å². The molecule has 1 heterocycles. The molecule has 0 atom stereocenters. The minimum atomic E-state index is 0.535. The summed E-state index contributed by atoms with van der Waals surface area (Å²) in [6, 6.07) is 5.54. The number of rotatable bonds is 5. The second kappa shape index (κ2) is 5.44. The van der Waals surface area contributed by atoms with Gasteiger partial charge in [-0.1, -0.05) is 6.92 Å². The van der Waals surface area contributed by atoms with E-state index < -0.39 is 0 Å². The average molecular weight is 247 g/mol. The quantitative estimate of drug-likeness (QED) is 0.794. The number of methoxy groups -OCH3 is 1. The molecule has 0 spiro atoms. The minimum absolute atomic E-state index is 0.535. The standard InChI is InChI=1S/C13H17N3O2/c1-3-10-7-16-13(18-10)8-15-9-4-5-11(14)12(6-9)17-2/h4-7,15H,3,8,14H2,1-2H3. The van der Waals surface area contributed by atoms with E-state index in [2.05, 4.69) is 10.3 Å². The molecule has 1 aromatic heterocycles. The van der Waals surface area contributed by atoms with E-state index in [1.807, 2.05) is 19.1 Å². The van der Waals surface area contributed by atoms with Gasteiger partial charge >= 0.3 is 0 Å². The van der Waals surface area contributed by atoms with Crippen molar-refractivity contribution in [3.05, 3.63) is 36.0 Å². The van der Waals surface area contributed by atoms with Crippen LogP contribution in [0.2, 0.25) is 0 Å². The van der Waals surface area contributed by atoms with E-state index in [4.69, 9.17) is 14.9 Å². The average Bonchev–Trinajstić information content (AvgIpc) is 2.86. The van der Waals surface area contributed by atoms with E-state index in [0.29, 0.717) is 23.9 Å². The summed E-state index contributed by atoms with van der Waals surface area (Å²) in [5.74, 6) is 2.21. The largest absolute Gasteiger partial charge is 0.495 e. The van der Waals surface area contributed by atoms with Gasteiger partial charge in [-0.15, -0.1) is 0 Å². The van der Waals surface area contributed by atoms with Crippen molar-refractivity contribution >= 4 is 11.4 Å². The van der Waals surface area contributed by atoms with E-state index in [0.717, 1.165) is 17.9 Å². The summed E-state index contributed by atoms with van der Waals surface area (Å²) in [7, 11) is 1.59. The number of ether oxygens (including phenoxy) is 1. The Labute approximate surface area is 106 Å². The summed E-state index contributed by atoms with van der Waals surface area (Å²) in [6.07, 6.45) is 2.60. The first-order valence-corrected chi connectivity index (χ1v) is 5.84. The summed E-state index contributed by atoms with van der Waals surface area (Å²) in [5.41, 5.74) is 7.28. The zero-order valence-corrected chi connectivity index (χ0v) is 10.6. The third-order valence-electron chi connectivity index (χ3n) is 2.63. The van der Waals surface area contributed by atoms with Crippen LogP contribution < -0.4 is 15.8 Å². The van der Waals surface area contributed by atoms with Crippen molar-refractivity contribution in [3.8, 4) is 5.75 Å². The Hall–Kier alpha value is -2.17. The number of nitrogens with two attached hydrogens (primary N) is 1. The highest BCUT2D eigenvalue weighted by Gasteiger charge is 2.04. The summed E-state index contributed by atoms with van der Waals surface area (Å²) >= 11 is 0. The van der Waals surface area contributed by atoms with E-state index in [1.165, 1.54) is 0 Å². The van der Waals surface area contributed by atoms with Gasteiger partial charge in [-0.2, -0.15) is 0 Å². The number of nitrogens with zero attached hydrogens (tertiary/aromatic N) is 1. The van der Waals surface area contributed by atoms with E-state index >= 15 is 0 Å². The molecule has 0 aliphatic heterocycles. The van der Waals surface area contributed by atoms with Gasteiger partial charge in [0.05, 0.1) is 25.5 Å². The topological polar surface area (TPSA) is 73.3 Å². The molecule has 0 bridgehead atoms. The predicted octanol–water partition coefficient (Wildman–Crippen LogP) is 2.44. The van der Waals surface area contributed by atoms with Gasteiger partial charge in [-0.25, -0.2) is 4.98 Å². The molecule has 0 radical (unpaired) electrons. The van der Waals surface area contributed by atoms with Crippen LogP contribution in [0.25, 0.3) is 0 Å². The van der Waals surface area contributed by atoms with Gasteiger partial charge in [0.25, 0.3) is 0 Å². The number of hydrogen-bond acceptors (Lipinski definition) is 5. The van der Waals surface area contributed by atoms with Crippen LogP contribution in [0.15, 0.2) is 28.8 Å². The first-order valence-electron chi connectivity index (χ1n) is 5.84. The van der Waals surface area contributed by atoms with Gasteiger partial charge < -0.3 is 20.2 Å². The van der Waals surface area contributed by atoms with Crippen molar-refractivity contribution in [3.63, 3.8) is 0 Å². The highest BCUT2D eigenvalue weighted by atomic mass is 16.5. The molecule has 0 aliphatic rings. The van der Waals surface area contributed by atoms with Crippen LogP contribution in [0, 0.1) is 0 Å². The molecule has 0 aliphatic carbocycles. The molecule has 5 heteroatoms. The SMILES string of the molecule is CCc1cnc(CNc2ccc(N)c(OC)c2)o1. The van der Waals surface area contributed by atoms with Crippen LogP contribution in [-0.4, -0.2) is 12.1 Å². The number of hydrogen-bond donors (Lipinski definition) is 2. The fourth-order valence-corrected chi connectivity index (χ4v) is 1.59. The van der Waals surface area contributed by atoms with Crippen molar-refractivity contribution in [2.75, 3.05) is 18.2 Å². The molecule has 0 fully saturated rings. The van der Waals surface area contributed by atoms with Crippen molar-refractivity contribution in [1.82, 2.24) is 4.98 Å². The highest BCUT2D eigenvalue weighted by molar-refractivity contribution is 5.61. The number of benzene rings is 1. The Morgan fingerprint density at radius 3 is 2.94 bits per heavy atom. The fourth-order valence-electron chi connectivity index (χ4n) is 1.59. The van der Waals surface area contributed by atoms with Crippen LogP contribution >= 0.6 is 0 Å². The molecule has 1 aromatic carbocycles. The van der Waals surface area contributed by atoms with Gasteiger partial charge in [-0.3, -0.25) is 0 Å². The third-order valence-corrected chi connectivity index (χ3v) is 2.63. The maximum Gasteiger partial charge on any atom is 0.213 e. The van der Waals surface area contributed by atoms with Crippen molar-refractivity contribution in [2.24, 2.45) is 0 Å². The number of aromatic nitrogens is 1. The van der Waals surface area contributed by atoms with Crippen LogP contribution in [-0.2, 0) is 13.0 Å². The van der Waals surface area contributed by atoms with Gasteiger partial charge in [-0.05, 0) is 12.1 Å².